The van der Waals surface area contributed by atoms with Gasteiger partial charge in [-0.05, 0) is 30.3 Å². The molecule has 0 spiro atoms. The first-order valence-corrected chi connectivity index (χ1v) is 6.57. The molecule has 1 N–H and O–H groups in total. The number of methoxy groups -OCH3 is 1. The Balaban J connectivity index is 2.30. The smallest absolute Gasteiger partial charge is 0.339 e. The fourth-order valence-electron chi connectivity index (χ4n) is 1.61. The van der Waals surface area contributed by atoms with Gasteiger partial charge in [-0.2, -0.15) is 0 Å². The highest BCUT2D eigenvalue weighted by Gasteiger charge is 2.15. The summed E-state index contributed by atoms with van der Waals surface area (Å²) >= 11 is 11.5. The molecule has 21 heavy (non-hydrogen) atoms. The maximum absolute atomic E-state index is 12.1. The Kier molecular flexibility index (Phi) is 4.77. The number of anilines is 1. The number of hydrogen-bond donors (Lipinski definition) is 1. The number of ether oxygens (including phenoxy) is 1. The molecule has 108 valence electrons. The van der Waals surface area contributed by atoms with Crippen LogP contribution in [0.5, 0.6) is 0 Å². The lowest BCUT2D eigenvalue weighted by Gasteiger charge is -2.10. The molecular formula is C14H10Cl2N2O3. The summed E-state index contributed by atoms with van der Waals surface area (Å²) in [4.78, 5) is 27.6. The van der Waals surface area contributed by atoms with Crippen LogP contribution in [0.1, 0.15) is 20.7 Å². The molecule has 0 unspecified atom stereocenters. The van der Waals surface area contributed by atoms with Crippen molar-refractivity contribution in [3.05, 3.63) is 57.8 Å². The Morgan fingerprint density at radius 3 is 2.57 bits per heavy atom. The van der Waals surface area contributed by atoms with Gasteiger partial charge in [0.15, 0.2) is 0 Å². The SMILES string of the molecule is COC(=O)c1ccc(Cl)cc1NC(=O)c1ccc(Cl)nc1. The highest BCUT2D eigenvalue weighted by molar-refractivity contribution is 6.31. The molecule has 0 aliphatic heterocycles. The van der Waals surface area contributed by atoms with Crippen molar-refractivity contribution in [3.63, 3.8) is 0 Å². The minimum atomic E-state index is -0.573. The van der Waals surface area contributed by atoms with Crippen LogP contribution in [-0.4, -0.2) is 24.0 Å². The lowest BCUT2D eigenvalue weighted by molar-refractivity contribution is 0.0602. The van der Waals surface area contributed by atoms with E-state index < -0.39 is 11.9 Å². The van der Waals surface area contributed by atoms with Crippen molar-refractivity contribution in [2.24, 2.45) is 0 Å². The molecule has 7 heteroatoms. The van der Waals surface area contributed by atoms with Gasteiger partial charge >= 0.3 is 5.97 Å². The molecule has 5 nitrogen and oxygen atoms in total. The summed E-state index contributed by atoms with van der Waals surface area (Å²) in [7, 11) is 1.26. The number of aromatic nitrogens is 1. The van der Waals surface area contributed by atoms with Crippen LogP contribution in [0.2, 0.25) is 10.2 Å². The highest BCUT2D eigenvalue weighted by Crippen LogP contribution is 2.22. The van der Waals surface area contributed by atoms with Gasteiger partial charge in [-0.15, -0.1) is 0 Å². The standard InChI is InChI=1S/C14H10Cl2N2O3/c1-21-14(20)10-4-3-9(15)6-11(10)18-13(19)8-2-5-12(16)17-7-8/h2-7H,1H3,(H,18,19). The molecule has 1 aromatic heterocycles. The number of carbonyl (C=O) groups is 2. The minimum Gasteiger partial charge on any atom is -0.465 e. The molecule has 0 saturated carbocycles. The van der Waals surface area contributed by atoms with E-state index in [4.69, 9.17) is 23.2 Å². The lowest BCUT2D eigenvalue weighted by Crippen LogP contribution is -2.15. The van der Waals surface area contributed by atoms with Gasteiger partial charge in [-0.25, -0.2) is 9.78 Å². The summed E-state index contributed by atoms with van der Waals surface area (Å²) in [6.45, 7) is 0. The van der Waals surface area contributed by atoms with Gasteiger partial charge in [0.05, 0.1) is 23.9 Å². The van der Waals surface area contributed by atoms with Gasteiger partial charge in [0, 0.05) is 11.2 Å². The molecule has 1 amide bonds. The van der Waals surface area contributed by atoms with E-state index in [-0.39, 0.29) is 16.4 Å². The Morgan fingerprint density at radius 1 is 1.19 bits per heavy atom. The van der Waals surface area contributed by atoms with Gasteiger partial charge in [-0.1, -0.05) is 23.2 Å². The summed E-state index contributed by atoms with van der Waals surface area (Å²) in [6, 6.07) is 7.49. The molecule has 0 atom stereocenters. The van der Waals surface area contributed by atoms with Gasteiger partial charge in [0.25, 0.3) is 5.91 Å². The maximum atomic E-state index is 12.1. The van der Waals surface area contributed by atoms with Crippen LogP contribution in [0.3, 0.4) is 0 Å². The van der Waals surface area contributed by atoms with E-state index in [0.717, 1.165) is 0 Å². The van der Waals surface area contributed by atoms with Crippen LogP contribution < -0.4 is 5.32 Å². The average Bonchev–Trinajstić information content (AvgIpc) is 2.47. The summed E-state index contributed by atoms with van der Waals surface area (Å²) in [6.07, 6.45) is 1.33. The molecule has 0 fully saturated rings. The van der Waals surface area contributed by atoms with E-state index in [9.17, 15) is 9.59 Å². The molecule has 2 aromatic rings. The van der Waals surface area contributed by atoms with E-state index in [1.807, 2.05) is 0 Å². The Morgan fingerprint density at radius 2 is 1.95 bits per heavy atom. The first-order chi connectivity index (χ1) is 10.0. The number of carbonyl (C=O) groups excluding carboxylic acids is 2. The molecule has 0 aliphatic rings. The average molecular weight is 325 g/mol. The summed E-state index contributed by atoms with van der Waals surface area (Å²) in [5.74, 6) is -1.01. The second-order valence-electron chi connectivity index (χ2n) is 4.01. The number of nitrogens with zero attached hydrogens (tertiary/aromatic N) is 1. The Bertz CT molecular complexity index is 687. The third kappa shape index (κ3) is 3.71. The van der Waals surface area contributed by atoms with Crippen molar-refractivity contribution in [3.8, 4) is 0 Å². The van der Waals surface area contributed by atoms with Crippen LogP contribution in [0.4, 0.5) is 5.69 Å². The monoisotopic (exact) mass is 324 g/mol. The second kappa shape index (κ2) is 6.56. The number of pyridine rings is 1. The molecule has 0 saturated heterocycles. The zero-order chi connectivity index (χ0) is 15.4. The van der Waals surface area contributed by atoms with Crippen molar-refractivity contribution < 1.29 is 14.3 Å². The first-order valence-electron chi connectivity index (χ1n) is 5.82. The van der Waals surface area contributed by atoms with Crippen molar-refractivity contribution in [2.45, 2.75) is 0 Å². The van der Waals surface area contributed by atoms with Gasteiger partial charge < -0.3 is 10.1 Å². The van der Waals surface area contributed by atoms with Crippen LogP contribution >= 0.6 is 23.2 Å². The molecule has 2 rings (SSSR count). The number of esters is 1. The van der Waals surface area contributed by atoms with Crippen molar-refractivity contribution in [1.82, 2.24) is 4.98 Å². The van der Waals surface area contributed by atoms with E-state index in [0.29, 0.717) is 10.6 Å². The number of amides is 1. The number of rotatable bonds is 3. The number of hydrogen-bond acceptors (Lipinski definition) is 4. The fraction of sp³-hybridized carbons (Fsp3) is 0.0714. The normalized spacial score (nSPS) is 10.0. The number of nitrogens with one attached hydrogen (secondary N) is 1. The van der Waals surface area contributed by atoms with Crippen LogP contribution in [-0.2, 0) is 4.74 Å². The highest BCUT2D eigenvalue weighted by atomic mass is 35.5. The molecule has 1 aromatic carbocycles. The summed E-state index contributed by atoms with van der Waals surface area (Å²) in [5, 5.41) is 3.26. The molecule has 0 radical (unpaired) electrons. The summed E-state index contributed by atoms with van der Waals surface area (Å²) in [5.41, 5.74) is 0.765. The van der Waals surface area contributed by atoms with Crippen LogP contribution in [0.15, 0.2) is 36.5 Å². The van der Waals surface area contributed by atoms with E-state index in [2.05, 4.69) is 15.0 Å². The number of halogens is 2. The molecule has 0 aliphatic carbocycles. The van der Waals surface area contributed by atoms with Crippen LogP contribution in [0.25, 0.3) is 0 Å². The largest absolute Gasteiger partial charge is 0.465 e. The zero-order valence-electron chi connectivity index (χ0n) is 10.9. The quantitative estimate of drug-likeness (QED) is 0.693. The van der Waals surface area contributed by atoms with Gasteiger partial charge in [0.1, 0.15) is 5.15 Å². The molecular weight excluding hydrogens is 315 g/mol. The summed E-state index contributed by atoms with van der Waals surface area (Å²) < 4.78 is 4.66. The maximum Gasteiger partial charge on any atom is 0.339 e. The van der Waals surface area contributed by atoms with Crippen LogP contribution in [0, 0.1) is 0 Å². The first kappa shape index (κ1) is 15.3. The topological polar surface area (TPSA) is 68.3 Å². The predicted molar refractivity (Wildman–Crippen MR) is 80.0 cm³/mol. The van der Waals surface area contributed by atoms with E-state index in [1.165, 1.54) is 43.6 Å². The van der Waals surface area contributed by atoms with Gasteiger partial charge in [-0.3, -0.25) is 4.79 Å². The predicted octanol–water partition coefficient (Wildman–Crippen LogP) is 3.43. The van der Waals surface area contributed by atoms with Crippen molar-refractivity contribution in [1.29, 1.82) is 0 Å². The zero-order valence-corrected chi connectivity index (χ0v) is 12.4. The fourth-order valence-corrected chi connectivity index (χ4v) is 1.90. The lowest BCUT2D eigenvalue weighted by atomic mass is 10.1. The Labute approximate surface area is 130 Å². The second-order valence-corrected chi connectivity index (χ2v) is 4.83. The molecule has 0 bridgehead atoms. The number of benzene rings is 1. The third-order valence-corrected chi connectivity index (χ3v) is 3.08. The minimum absolute atomic E-state index is 0.206. The van der Waals surface area contributed by atoms with Crippen molar-refractivity contribution in [2.75, 3.05) is 12.4 Å². The van der Waals surface area contributed by atoms with Gasteiger partial charge in [0.2, 0.25) is 0 Å². The van der Waals surface area contributed by atoms with E-state index in [1.54, 1.807) is 0 Å². The van der Waals surface area contributed by atoms with E-state index >= 15 is 0 Å². The third-order valence-electron chi connectivity index (χ3n) is 2.62. The molecule has 1 heterocycles. The van der Waals surface area contributed by atoms with Crippen molar-refractivity contribution >= 4 is 40.8 Å². The Hall–Kier alpha value is -2.11.